The third kappa shape index (κ3) is 7.28. The summed E-state index contributed by atoms with van der Waals surface area (Å²) in [5.41, 5.74) is 2.50. The summed E-state index contributed by atoms with van der Waals surface area (Å²) in [4.78, 5) is 0. The Bertz CT molecular complexity index is 269. The summed E-state index contributed by atoms with van der Waals surface area (Å²) in [5.74, 6) is 0. The molecule has 1 aromatic rings. The Hall–Kier alpha value is -1.04. The summed E-state index contributed by atoms with van der Waals surface area (Å²) >= 11 is 0. The van der Waals surface area contributed by atoms with Gasteiger partial charge >= 0.3 is 0 Å². The average Bonchev–Trinajstić information content (AvgIpc) is 2.31. The van der Waals surface area contributed by atoms with Gasteiger partial charge < -0.3 is 0 Å². The van der Waals surface area contributed by atoms with Gasteiger partial charge in [0, 0.05) is 0 Å². The number of aryl methyl sites for hydroxylation is 1. The summed E-state index contributed by atoms with van der Waals surface area (Å²) in [5, 5.41) is 0. The second kappa shape index (κ2) is 10.5. The molecule has 0 radical (unpaired) electrons. The van der Waals surface area contributed by atoms with E-state index in [-0.39, 0.29) is 0 Å². The van der Waals surface area contributed by atoms with Crippen molar-refractivity contribution in [2.24, 2.45) is 0 Å². The zero-order valence-electron chi connectivity index (χ0n) is 11.1. The summed E-state index contributed by atoms with van der Waals surface area (Å²) < 4.78 is 0. The van der Waals surface area contributed by atoms with Gasteiger partial charge in [-0.05, 0) is 18.1 Å². The van der Waals surface area contributed by atoms with Crippen molar-refractivity contribution in [2.45, 2.75) is 52.9 Å². The molecular formula is C16H26. The van der Waals surface area contributed by atoms with Gasteiger partial charge in [0.25, 0.3) is 0 Å². The Morgan fingerprint density at radius 3 is 1.94 bits per heavy atom. The van der Waals surface area contributed by atoms with E-state index in [1.807, 2.05) is 18.2 Å². The second-order valence-corrected chi connectivity index (χ2v) is 4.12. The standard InChI is InChI=1S/C9H10.C7H16/c1-3-9-7-5-4-6-8(9)2;1-3-5-7-6-4-2/h3-7H,1H2,2H3;3-7H2,1-2H3. The van der Waals surface area contributed by atoms with Crippen LogP contribution in [0.1, 0.15) is 57.1 Å². The topological polar surface area (TPSA) is 0 Å². The predicted molar refractivity (Wildman–Crippen MR) is 75.7 cm³/mol. The Morgan fingerprint density at radius 2 is 1.56 bits per heavy atom. The lowest BCUT2D eigenvalue weighted by atomic mass is 10.1. The normalized spacial score (nSPS) is 9.19. The van der Waals surface area contributed by atoms with E-state index in [2.05, 4.69) is 39.5 Å². The van der Waals surface area contributed by atoms with Crippen LogP contribution in [0.3, 0.4) is 0 Å². The number of hydrogen-bond donors (Lipinski definition) is 0. The van der Waals surface area contributed by atoms with Gasteiger partial charge in [0.15, 0.2) is 0 Å². The highest BCUT2D eigenvalue weighted by Gasteiger charge is 1.86. The number of benzene rings is 1. The fourth-order valence-corrected chi connectivity index (χ4v) is 1.49. The van der Waals surface area contributed by atoms with Gasteiger partial charge in [-0.25, -0.2) is 0 Å². The van der Waals surface area contributed by atoms with Crippen LogP contribution in [-0.2, 0) is 0 Å². The van der Waals surface area contributed by atoms with Gasteiger partial charge in [-0.1, -0.05) is 82.9 Å². The van der Waals surface area contributed by atoms with Crippen LogP contribution < -0.4 is 0 Å². The average molecular weight is 218 g/mol. The molecular weight excluding hydrogens is 192 g/mol. The molecule has 0 aliphatic heterocycles. The minimum atomic E-state index is 1.22. The van der Waals surface area contributed by atoms with Crippen LogP contribution in [0.4, 0.5) is 0 Å². The smallest absolute Gasteiger partial charge is 0.0233 e. The molecule has 0 aliphatic rings. The van der Waals surface area contributed by atoms with E-state index in [1.54, 1.807) is 0 Å². The molecule has 0 spiro atoms. The van der Waals surface area contributed by atoms with E-state index in [0.29, 0.717) is 0 Å². The van der Waals surface area contributed by atoms with Crippen molar-refractivity contribution in [3.63, 3.8) is 0 Å². The Kier molecular flexibility index (Phi) is 9.80. The van der Waals surface area contributed by atoms with E-state index >= 15 is 0 Å². The fraction of sp³-hybridized carbons (Fsp3) is 0.500. The molecule has 0 atom stereocenters. The molecule has 16 heavy (non-hydrogen) atoms. The van der Waals surface area contributed by atoms with Crippen LogP contribution in [0.5, 0.6) is 0 Å². The highest BCUT2D eigenvalue weighted by atomic mass is 13.9. The third-order valence-electron chi connectivity index (χ3n) is 2.62. The van der Waals surface area contributed by atoms with Crippen LogP contribution in [0.15, 0.2) is 30.8 Å². The lowest BCUT2D eigenvalue weighted by molar-refractivity contribution is 0.656. The van der Waals surface area contributed by atoms with E-state index in [4.69, 9.17) is 0 Å². The SMILES string of the molecule is C=Cc1ccccc1C.CCCCCCC. The molecule has 0 aliphatic carbocycles. The monoisotopic (exact) mass is 218 g/mol. The van der Waals surface area contributed by atoms with Crippen molar-refractivity contribution < 1.29 is 0 Å². The van der Waals surface area contributed by atoms with E-state index in [9.17, 15) is 0 Å². The molecule has 90 valence electrons. The molecule has 0 saturated heterocycles. The first-order valence-corrected chi connectivity index (χ1v) is 6.44. The molecule has 1 aromatic carbocycles. The molecule has 0 heteroatoms. The maximum absolute atomic E-state index is 3.69. The first-order chi connectivity index (χ1) is 7.76. The fourth-order valence-electron chi connectivity index (χ4n) is 1.49. The summed E-state index contributed by atoms with van der Waals surface area (Å²) in [7, 11) is 0. The van der Waals surface area contributed by atoms with Gasteiger partial charge in [-0.2, -0.15) is 0 Å². The lowest BCUT2D eigenvalue weighted by Gasteiger charge is -1.95. The molecule has 1 rings (SSSR count). The summed E-state index contributed by atoms with van der Waals surface area (Å²) in [6, 6.07) is 8.19. The number of rotatable bonds is 5. The largest absolute Gasteiger partial charge is 0.0985 e. The van der Waals surface area contributed by atoms with Crippen LogP contribution >= 0.6 is 0 Å². The van der Waals surface area contributed by atoms with Crippen molar-refractivity contribution in [3.05, 3.63) is 42.0 Å². The van der Waals surface area contributed by atoms with Crippen molar-refractivity contribution in [1.29, 1.82) is 0 Å². The zero-order chi connectivity index (χ0) is 12.2. The van der Waals surface area contributed by atoms with Crippen molar-refractivity contribution in [2.75, 3.05) is 0 Å². The quantitative estimate of drug-likeness (QED) is 0.563. The van der Waals surface area contributed by atoms with Gasteiger partial charge in [0.2, 0.25) is 0 Å². The molecule has 0 nitrogen and oxygen atoms in total. The summed E-state index contributed by atoms with van der Waals surface area (Å²) in [6.45, 7) is 10.3. The lowest BCUT2D eigenvalue weighted by Crippen LogP contribution is -1.75. The Morgan fingerprint density at radius 1 is 1.00 bits per heavy atom. The van der Waals surface area contributed by atoms with Crippen molar-refractivity contribution >= 4 is 6.08 Å². The van der Waals surface area contributed by atoms with Gasteiger partial charge in [-0.3, -0.25) is 0 Å². The van der Waals surface area contributed by atoms with Crippen LogP contribution in [0.2, 0.25) is 0 Å². The first kappa shape index (κ1) is 15.0. The number of unbranched alkanes of at least 4 members (excludes halogenated alkanes) is 4. The Balaban J connectivity index is 0.000000293. The Labute approximate surface area is 101 Å². The van der Waals surface area contributed by atoms with E-state index < -0.39 is 0 Å². The highest BCUT2D eigenvalue weighted by molar-refractivity contribution is 5.50. The van der Waals surface area contributed by atoms with Gasteiger partial charge in [-0.15, -0.1) is 0 Å². The molecule has 0 fully saturated rings. The zero-order valence-corrected chi connectivity index (χ0v) is 11.1. The predicted octanol–water partition coefficient (Wildman–Crippen LogP) is 5.61. The first-order valence-electron chi connectivity index (χ1n) is 6.44. The van der Waals surface area contributed by atoms with Crippen molar-refractivity contribution in [1.82, 2.24) is 0 Å². The molecule has 0 amide bonds. The van der Waals surface area contributed by atoms with Crippen LogP contribution in [0, 0.1) is 6.92 Å². The van der Waals surface area contributed by atoms with Crippen LogP contribution in [0.25, 0.3) is 6.08 Å². The minimum absolute atomic E-state index is 1.22. The van der Waals surface area contributed by atoms with E-state index in [1.165, 1.54) is 43.2 Å². The third-order valence-corrected chi connectivity index (χ3v) is 2.62. The van der Waals surface area contributed by atoms with Crippen LogP contribution in [-0.4, -0.2) is 0 Å². The van der Waals surface area contributed by atoms with Crippen molar-refractivity contribution in [3.8, 4) is 0 Å². The molecule has 0 aromatic heterocycles. The van der Waals surface area contributed by atoms with Gasteiger partial charge in [0.05, 0.1) is 0 Å². The summed E-state index contributed by atoms with van der Waals surface area (Å²) in [6.07, 6.45) is 8.88. The maximum Gasteiger partial charge on any atom is -0.0233 e. The van der Waals surface area contributed by atoms with E-state index in [0.717, 1.165) is 0 Å². The second-order valence-electron chi connectivity index (χ2n) is 4.12. The highest BCUT2D eigenvalue weighted by Crippen LogP contribution is 2.06. The molecule has 0 bridgehead atoms. The van der Waals surface area contributed by atoms with Gasteiger partial charge in [0.1, 0.15) is 0 Å². The molecule has 0 unspecified atom stereocenters. The number of hydrogen-bond acceptors (Lipinski definition) is 0. The maximum atomic E-state index is 3.69. The minimum Gasteiger partial charge on any atom is -0.0985 e. The molecule has 0 saturated carbocycles. The molecule has 0 heterocycles. The molecule has 0 N–H and O–H groups in total.